The van der Waals surface area contributed by atoms with Crippen LogP contribution in [0.25, 0.3) is 0 Å². The molecule has 0 fully saturated rings. The van der Waals surface area contributed by atoms with E-state index in [2.05, 4.69) is 48.1 Å². The maximum Gasteiger partial charge on any atom is -0.0351 e. The Bertz CT molecular complexity index is 113. The zero-order valence-corrected chi connectivity index (χ0v) is 20.2. The van der Waals surface area contributed by atoms with E-state index in [9.17, 15) is 0 Å². The first-order valence-electron chi connectivity index (χ1n) is 11.3. The van der Waals surface area contributed by atoms with Gasteiger partial charge in [-0.2, -0.15) is 0 Å². The van der Waals surface area contributed by atoms with Crippen molar-refractivity contribution >= 4 is 0 Å². The third-order valence-electron chi connectivity index (χ3n) is 2.76. The van der Waals surface area contributed by atoms with E-state index in [4.69, 9.17) is 0 Å². The maximum atomic E-state index is 3.73. The second-order valence-corrected chi connectivity index (χ2v) is 4.99. The van der Waals surface area contributed by atoms with Crippen molar-refractivity contribution in [3.63, 3.8) is 0 Å². The summed E-state index contributed by atoms with van der Waals surface area (Å²) in [5.41, 5.74) is 0. The summed E-state index contributed by atoms with van der Waals surface area (Å²) in [6, 6.07) is 0. The van der Waals surface area contributed by atoms with Gasteiger partial charge in [-0.1, -0.05) is 134 Å². The van der Waals surface area contributed by atoms with Gasteiger partial charge in [-0.15, -0.1) is 6.58 Å². The summed E-state index contributed by atoms with van der Waals surface area (Å²) in [5, 5.41) is 0. The van der Waals surface area contributed by atoms with Crippen LogP contribution in [0.2, 0.25) is 0 Å². The molecule has 0 aromatic carbocycles. The van der Waals surface area contributed by atoms with Gasteiger partial charge < -0.3 is 0 Å². The molecule has 0 saturated heterocycles. The fourth-order valence-corrected chi connectivity index (χ4v) is 1.67. The number of allylic oxidation sites excluding steroid dienone is 1. The third-order valence-corrected chi connectivity index (χ3v) is 2.76. The summed E-state index contributed by atoms with van der Waals surface area (Å²) in [5.74, 6) is 0.947. The van der Waals surface area contributed by atoms with Crippen LogP contribution in [0.4, 0.5) is 0 Å². The predicted molar refractivity (Wildman–Crippen MR) is 123 cm³/mol. The fraction of sp³-hybridized carbons (Fsp3) is 0.917. The van der Waals surface area contributed by atoms with Gasteiger partial charge in [0.15, 0.2) is 0 Å². The van der Waals surface area contributed by atoms with Gasteiger partial charge in [0.05, 0.1) is 0 Å². The van der Waals surface area contributed by atoms with Crippen LogP contribution in [-0.2, 0) is 0 Å². The highest BCUT2D eigenvalue weighted by Gasteiger charge is 2.01. The van der Waals surface area contributed by atoms with Crippen LogP contribution in [0.1, 0.15) is 141 Å². The van der Waals surface area contributed by atoms with Crippen LogP contribution < -0.4 is 0 Å². The highest BCUT2D eigenvalue weighted by molar-refractivity contribution is 4.69. The Balaban J connectivity index is -0.0000000488. The van der Waals surface area contributed by atoms with Crippen LogP contribution in [-0.4, -0.2) is 0 Å². The van der Waals surface area contributed by atoms with Crippen LogP contribution >= 0.6 is 0 Å². The molecule has 0 aromatic rings. The van der Waals surface area contributed by atoms with Gasteiger partial charge in [0.25, 0.3) is 0 Å². The molecule has 0 aliphatic carbocycles. The Morgan fingerprint density at radius 3 is 1.21 bits per heavy atom. The number of hydrogen-bond donors (Lipinski definition) is 0. The molecular formula is C24H58. The summed E-state index contributed by atoms with van der Waals surface area (Å²) >= 11 is 0. The van der Waals surface area contributed by atoms with Gasteiger partial charge in [-0.3, -0.25) is 0 Å². The highest BCUT2D eigenvalue weighted by atomic mass is 14.1. The Morgan fingerprint density at radius 2 is 1.04 bits per heavy atom. The zero-order chi connectivity index (χ0) is 20.6. The van der Waals surface area contributed by atoms with Crippen molar-refractivity contribution in [1.29, 1.82) is 0 Å². The van der Waals surface area contributed by atoms with E-state index in [0.29, 0.717) is 0 Å². The lowest BCUT2D eigenvalue weighted by molar-refractivity contribution is 0.436. The standard InChI is InChI=1S/C10H20.C5H12.C3H8.3C2H6/c1-4-7-9-10(6-3)8-5-2;1-3-5-4-2;1-3-2;3*1-2/h4,10H,1,5-9H2,2-3H3;3-5H2,1-2H3;3H2,1-2H3;3*1-2H3. The second kappa shape index (κ2) is 66.2. The van der Waals surface area contributed by atoms with Gasteiger partial charge in [0, 0.05) is 0 Å². The van der Waals surface area contributed by atoms with E-state index in [0.717, 1.165) is 5.92 Å². The fourth-order valence-electron chi connectivity index (χ4n) is 1.67. The first-order valence-corrected chi connectivity index (χ1v) is 11.3. The van der Waals surface area contributed by atoms with Crippen molar-refractivity contribution < 1.29 is 0 Å². The molecule has 0 heterocycles. The lowest BCUT2D eigenvalue weighted by Crippen LogP contribution is -1.96. The molecule has 0 nitrogen and oxygen atoms in total. The second-order valence-electron chi connectivity index (χ2n) is 4.99. The molecule has 0 radical (unpaired) electrons. The molecule has 154 valence electrons. The number of rotatable bonds is 8. The van der Waals surface area contributed by atoms with E-state index in [1.807, 2.05) is 47.6 Å². The molecule has 1 unspecified atom stereocenters. The molecule has 24 heavy (non-hydrogen) atoms. The molecule has 0 aliphatic heterocycles. The van der Waals surface area contributed by atoms with Crippen molar-refractivity contribution in [2.45, 2.75) is 141 Å². The summed E-state index contributed by atoms with van der Waals surface area (Å²) in [7, 11) is 0. The van der Waals surface area contributed by atoms with Gasteiger partial charge in [0.1, 0.15) is 0 Å². The smallest absolute Gasteiger partial charge is 0.0351 e. The largest absolute Gasteiger partial charge is 0.103 e. The summed E-state index contributed by atoms with van der Waals surface area (Å²) in [4.78, 5) is 0. The summed E-state index contributed by atoms with van der Waals surface area (Å²) in [6.07, 6.45) is 13.9. The molecule has 0 aliphatic rings. The molecule has 0 N–H and O–H groups in total. The lowest BCUT2D eigenvalue weighted by Gasteiger charge is -2.10. The SMILES string of the molecule is C=CCCC(CC)CCC.CC.CC.CC.CCC.CCCCC. The minimum absolute atomic E-state index is 0.947. The first-order chi connectivity index (χ1) is 11.7. The van der Waals surface area contributed by atoms with Gasteiger partial charge in [-0.05, 0) is 18.8 Å². The zero-order valence-electron chi connectivity index (χ0n) is 20.2. The van der Waals surface area contributed by atoms with E-state index in [-0.39, 0.29) is 0 Å². The average Bonchev–Trinajstić information content (AvgIpc) is 2.65. The highest BCUT2D eigenvalue weighted by Crippen LogP contribution is 2.16. The van der Waals surface area contributed by atoms with Crippen LogP contribution in [0.15, 0.2) is 12.7 Å². The van der Waals surface area contributed by atoms with Crippen LogP contribution in [0, 0.1) is 5.92 Å². The van der Waals surface area contributed by atoms with Gasteiger partial charge in [0.2, 0.25) is 0 Å². The Kier molecular flexibility index (Phi) is 108. The topological polar surface area (TPSA) is 0 Å². The summed E-state index contributed by atoms with van der Waals surface area (Å²) < 4.78 is 0. The Morgan fingerprint density at radius 1 is 0.667 bits per heavy atom. The molecule has 0 bridgehead atoms. The summed E-state index contributed by atoms with van der Waals surface area (Å²) in [6.45, 7) is 28.9. The van der Waals surface area contributed by atoms with Gasteiger partial charge in [-0.25, -0.2) is 0 Å². The molecule has 0 amide bonds. The van der Waals surface area contributed by atoms with E-state index < -0.39 is 0 Å². The number of unbranched alkanes of at least 4 members (excludes halogenated alkanes) is 2. The van der Waals surface area contributed by atoms with E-state index in [1.165, 1.54) is 57.8 Å². The van der Waals surface area contributed by atoms with Crippen molar-refractivity contribution in [2.75, 3.05) is 0 Å². The van der Waals surface area contributed by atoms with Gasteiger partial charge >= 0.3 is 0 Å². The Hall–Kier alpha value is -0.260. The van der Waals surface area contributed by atoms with Crippen molar-refractivity contribution in [2.24, 2.45) is 5.92 Å². The molecule has 0 rings (SSSR count). The molecular weight excluding hydrogens is 288 g/mol. The van der Waals surface area contributed by atoms with E-state index in [1.54, 1.807) is 0 Å². The van der Waals surface area contributed by atoms with Crippen LogP contribution in [0.5, 0.6) is 0 Å². The molecule has 0 heteroatoms. The van der Waals surface area contributed by atoms with Crippen LogP contribution in [0.3, 0.4) is 0 Å². The maximum absolute atomic E-state index is 3.73. The first kappa shape index (κ1) is 39.0. The minimum Gasteiger partial charge on any atom is -0.103 e. The van der Waals surface area contributed by atoms with Crippen molar-refractivity contribution in [3.05, 3.63) is 12.7 Å². The molecule has 1 atom stereocenters. The average molecular weight is 347 g/mol. The normalized spacial score (nSPS) is 8.67. The number of hydrogen-bond acceptors (Lipinski definition) is 0. The van der Waals surface area contributed by atoms with Crippen molar-refractivity contribution in [3.8, 4) is 0 Å². The Labute approximate surface area is 159 Å². The molecule has 0 spiro atoms. The monoisotopic (exact) mass is 346 g/mol. The van der Waals surface area contributed by atoms with Crippen molar-refractivity contribution in [1.82, 2.24) is 0 Å². The van der Waals surface area contributed by atoms with E-state index >= 15 is 0 Å². The third kappa shape index (κ3) is 81.1. The quantitative estimate of drug-likeness (QED) is 0.383. The predicted octanol–water partition coefficient (Wildman–Crippen LogP) is 10.5. The minimum atomic E-state index is 0.947. The lowest BCUT2D eigenvalue weighted by atomic mass is 9.95. The molecule has 0 saturated carbocycles. The molecule has 0 aromatic heterocycles.